The van der Waals surface area contributed by atoms with Crippen LogP contribution < -0.4 is 19.6 Å². The summed E-state index contributed by atoms with van der Waals surface area (Å²) in [5, 5.41) is 32.7. The molecule has 0 aliphatic carbocycles. The fourth-order valence-electron chi connectivity index (χ4n) is 5.59. The number of ether oxygens (including phenoxy) is 2. The van der Waals surface area contributed by atoms with E-state index in [0.29, 0.717) is 34.8 Å². The molecule has 0 bridgehead atoms. The fraction of sp³-hybridized carbons (Fsp3) is 0.220. The van der Waals surface area contributed by atoms with Crippen LogP contribution in [0.2, 0.25) is 0 Å². The second-order valence-corrected chi connectivity index (χ2v) is 13.0. The lowest BCUT2D eigenvalue weighted by Crippen LogP contribution is -2.27. The van der Waals surface area contributed by atoms with Crippen LogP contribution in [-0.2, 0) is 27.5 Å². The molecule has 4 aromatic carbocycles. The first kappa shape index (κ1) is 37.4. The summed E-state index contributed by atoms with van der Waals surface area (Å²) in [5.41, 5.74) is 4.95. The molecular formula is C41H40N2O8S. The molecule has 52 heavy (non-hydrogen) atoms. The molecule has 0 aliphatic heterocycles. The molecule has 11 heteroatoms. The van der Waals surface area contributed by atoms with Gasteiger partial charge in [-0.2, -0.15) is 0 Å². The number of nitrogens with one attached hydrogen (secondary N) is 1. The lowest BCUT2D eigenvalue weighted by Gasteiger charge is -2.36. The maximum atomic E-state index is 12.9. The predicted molar refractivity (Wildman–Crippen MR) is 199 cm³/mol. The van der Waals surface area contributed by atoms with Crippen LogP contribution in [0.3, 0.4) is 0 Å². The number of aliphatic hydroxyl groups excluding tert-OH is 1. The van der Waals surface area contributed by atoms with Gasteiger partial charge < -0.3 is 34.9 Å². The molecular weight excluding hydrogens is 681 g/mol. The van der Waals surface area contributed by atoms with Crippen molar-refractivity contribution in [3.8, 4) is 35.1 Å². The Morgan fingerprint density at radius 3 is 2.08 bits per heavy atom. The van der Waals surface area contributed by atoms with Gasteiger partial charge in [0.2, 0.25) is 17.7 Å². The summed E-state index contributed by atoms with van der Waals surface area (Å²) in [6.07, 6.45) is 0.506. The van der Waals surface area contributed by atoms with Gasteiger partial charge >= 0.3 is 5.97 Å². The zero-order valence-corrected chi connectivity index (χ0v) is 29.7. The molecule has 1 atom stereocenters. The molecule has 0 saturated heterocycles. The van der Waals surface area contributed by atoms with Crippen molar-refractivity contribution in [2.45, 2.75) is 37.2 Å². The van der Waals surface area contributed by atoms with Crippen molar-refractivity contribution in [1.29, 1.82) is 0 Å². The minimum atomic E-state index is -0.918. The van der Waals surface area contributed by atoms with Gasteiger partial charge in [0.25, 0.3) is 0 Å². The Morgan fingerprint density at radius 1 is 0.788 bits per heavy atom. The second kappa shape index (κ2) is 17.9. The summed E-state index contributed by atoms with van der Waals surface area (Å²) in [7, 11) is 3.17. The third-order valence-corrected chi connectivity index (χ3v) is 9.84. The highest BCUT2D eigenvalue weighted by Gasteiger charge is 2.38. The smallest absolute Gasteiger partial charge is 0.334 e. The van der Waals surface area contributed by atoms with Gasteiger partial charge in [0.05, 0.1) is 37.6 Å². The van der Waals surface area contributed by atoms with Crippen LogP contribution in [0.25, 0.3) is 0 Å². The van der Waals surface area contributed by atoms with Gasteiger partial charge in [-0.3, -0.25) is 4.79 Å². The van der Waals surface area contributed by atoms with Crippen LogP contribution in [0.4, 0.5) is 0 Å². The summed E-state index contributed by atoms with van der Waals surface area (Å²) in [5.74, 6) is 6.27. The third kappa shape index (κ3) is 9.09. The van der Waals surface area contributed by atoms with E-state index in [0.717, 1.165) is 27.8 Å². The van der Waals surface area contributed by atoms with Crippen LogP contribution in [0, 0.1) is 11.8 Å². The number of hydrogen-bond donors (Lipinski definition) is 4. The lowest BCUT2D eigenvalue weighted by atomic mass is 9.83. The first-order chi connectivity index (χ1) is 25.3. The van der Waals surface area contributed by atoms with Crippen LogP contribution in [0.5, 0.6) is 23.3 Å². The molecule has 1 unspecified atom stereocenters. The van der Waals surface area contributed by atoms with Crippen molar-refractivity contribution < 1.29 is 39.2 Å². The van der Waals surface area contributed by atoms with E-state index in [1.807, 2.05) is 97.1 Å². The molecule has 0 saturated carbocycles. The Kier molecular flexibility index (Phi) is 12.9. The zero-order valence-electron chi connectivity index (χ0n) is 28.9. The van der Waals surface area contributed by atoms with Crippen molar-refractivity contribution in [2.75, 3.05) is 20.0 Å². The summed E-state index contributed by atoms with van der Waals surface area (Å²) >= 11 is 1.48. The van der Waals surface area contributed by atoms with Crippen LogP contribution in [0.15, 0.2) is 109 Å². The average molecular weight is 721 g/mol. The molecule has 0 fully saturated rings. The number of carbonyl (C=O) groups is 2. The number of aromatic hydroxyl groups is 2. The maximum absolute atomic E-state index is 12.9. The van der Waals surface area contributed by atoms with E-state index in [1.54, 1.807) is 14.2 Å². The number of carbonyl (C=O) groups excluding carboxylic acids is 2. The minimum Gasteiger partial charge on any atom is -0.497 e. The Hall–Kier alpha value is -5.83. The average Bonchev–Trinajstić information content (AvgIpc) is 3.50. The van der Waals surface area contributed by atoms with Gasteiger partial charge in [-0.1, -0.05) is 84.6 Å². The van der Waals surface area contributed by atoms with Crippen molar-refractivity contribution in [3.05, 3.63) is 143 Å². The Labute approximate surface area is 306 Å². The molecule has 5 rings (SSSR count). The molecule has 1 heterocycles. The molecule has 0 aliphatic rings. The van der Waals surface area contributed by atoms with E-state index in [2.05, 4.69) is 17.2 Å². The number of nitrogens with zero attached hydrogens (tertiary/aromatic N) is 1. The van der Waals surface area contributed by atoms with Crippen LogP contribution >= 0.6 is 11.8 Å². The minimum absolute atomic E-state index is 0.0660. The van der Waals surface area contributed by atoms with Crippen molar-refractivity contribution in [3.63, 3.8) is 0 Å². The second-order valence-electron chi connectivity index (χ2n) is 11.6. The highest BCUT2D eigenvalue weighted by molar-refractivity contribution is 8.00. The van der Waals surface area contributed by atoms with Gasteiger partial charge in [0.15, 0.2) is 0 Å². The number of thioether (sulfide) groups is 1. The number of methoxy groups -OCH3 is 2. The van der Waals surface area contributed by atoms with Crippen LogP contribution in [0.1, 0.15) is 52.6 Å². The van der Waals surface area contributed by atoms with Gasteiger partial charge in [-0.25, -0.2) is 4.79 Å². The van der Waals surface area contributed by atoms with E-state index >= 15 is 0 Å². The van der Waals surface area contributed by atoms with Crippen molar-refractivity contribution in [2.24, 2.45) is 0 Å². The highest BCUT2D eigenvalue weighted by atomic mass is 32.2. The first-order valence-corrected chi connectivity index (χ1v) is 17.5. The SMILES string of the molecule is COc1ccc(C(SCCC(=O)On2c(O)ccc2O)(c2ccc(CO)cc2)c2ccc(OC)c(C#CCCC(=O)NCc3ccccc3)c2)cc1. The number of benzene rings is 4. The molecule has 0 radical (unpaired) electrons. The predicted octanol–water partition coefficient (Wildman–Crippen LogP) is 5.93. The fourth-order valence-corrected chi connectivity index (χ4v) is 7.07. The maximum Gasteiger partial charge on any atom is 0.334 e. The van der Waals surface area contributed by atoms with E-state index in [9.17, 15) is 24.9 Å². The number of aromatic nitrogens is 1. The Bertz CT molecular complexity index is 1950. The Morgan fingerprint density at radius 2 is 1.44 bits per heavy atom. The van der Waals surface area contributed by atoms with Crippen LogP contribution in [-0.4, -0.2) is 51.9 Å². The normalized spacial score (nSPS) is 11.8. The molecule has 1 aromatic heterocycles. The largest absolute Gasteiger partial charge is 0.497 e. The highest BCUT2D eigenvalue weighted by Crippen LogP contribution is 2.50. The van der Waals surface area contributed by atoms with Gasteiger partial charge in [-0.15, -0.1) is 16.5 Å². The van der Waals surface area contributed by atoms with E-state index in [1.165, 1.54) is 23.9 Å². The molecule has 0 spiro atoms. The van der Waals surface area contributed by atoms with Crippen molar-refractivity contribution >= 4 is 23.6 Å². The summed E-state index contributed by atoms with van der Waals surface area (Å²) in [4.78, 5) is 30.7. The van der Waals surface area contributed by atoms with Gasteiger partial charge in [0, 0.05) is 37.3 Å². The topological polar surface area (TPSA) is 139 Å². The number of amides is 1. The van der Waals surface area contributed by atoms with E-state index in [4.69, 9.17) is 14.3 Å². The van der Waals surface area contributed by atoms with Crippen molar-refractivity contribution in [1.82, 2.24) is 10.0 Å². The molecule has 4 N–H and O–H groups in total. The lowest BCUT2D eigenvalue weighted by molar-refractivity contribution is -0.144. The summed E-state index contributed by atoms with van der Waals surface area (Å²) in [6.45, 7) is 0.322. The molecule has 10 nitrogen and oxygen atoms in total. The summed E-state index contributed by atoms with van der Waals surface area (Å²) in [6, 6.07) is 33.1. The molecule has 5 aromatic rings. The molecule has 268 valence electrons. The monoisotopic (exact) mass is 720 g/mol. The molecule has 1 amide bonds. The quantitative estimate of drug-likeness (QED) is 0.0766. The number of hydrogen-bond acceptors (Lipinski definition) is 9. The standard InChI is InChI=1S/C41H40N2O8S/c1-49-35-19-16-33(17-20-35)41(32-14-12-30(28-44)13-15-32,52-25-24-40(48)51-43-38(46)22-23-39(43)47)34-18-21-36(50-2)31(26-34)10-6-7-11-37(45)42-27-29-8-4-3-5-9-29/h3-5,8-9,12-23,26,44,46-47H,7,11,24-25,27-28H2,1-2H3,(H,42,45). The first-order valence-electron chi connectivity index (χ1n) is 16.5. The van der Waals surface area contributed by atoms with Gasteiger partial charge in [-0.05, 0) is 52.1 Å². The number of aliphatic hydroxyl groups is 1. The summed E-state index contributed by atoms with van der Waals surface area (Å²) < 4.78 is 10.9. The third-order valence-electron chi connectivity index (χ3n) is 8.29. The van der Waals surface area contributed by atoms with Gasteiger partial charge in [0.1, 0.15) is 11.5 Å². The zero-order chi connectivity index (χ0) is 36.9. The number of rotatable bonds is 15. The van der Waals surface area contributed by atoms with E-state index in [-0.39, 0.29) is 31.1 Å². The Balaban J connectivity index is 1.48. The van der Waals surface area contributed by atoms with E-state index < -0.39 is 22.5 Å².